The van der Waals surface area contributed by atoms with Crippen molar-refractivity contribution in [3.8, 4) is 0 Å². The Balaban J connectivity index is 1.90. The van der Waals surface area contributed by atoms with Gasteiger partial charge in [0.05, 0.1) is 34.9 Å². The van der Waals surface area contributed by atoms with Gasteiger partial charge in [-0.3, -0.25) is 9.48 Å². The van der Waals surface area contributed by atoms with Gasteiger partial charge in [0.25, 0.3) is 5.91 Å². The molecule has 36 heavy (non-hydrogen) atoms. The van der Waals surface area contributed by atoms with Gasteiger partial charge in [0.1, 0.15) is 5.60 Å². The molecule has 2 aromatic rings. The number of nitrogens with one attached hydrogen (secondary N) is 1. The third kappa shape index (κ3) is 6.31. The van der Waals surface area contributed by atoms with Gasteiger partial charge in [-0.05, 0) is 59.7 Å². The molecule has 196 valence electrons. The van der Waals surface area contributed by atoms with Crippen molar-refractivity contribution in [2.45, 2.75) is 72.2 Å². The second-order valence-corrected chi connectivity index (χ2v) is 10.6. The van der Waals surface area contributed by atoms with Gasteiger partial charge in [-0.1, -0.05) is 23.2 Å². The molecule has 3 rings (SSSR count). The van der Waals surface area contributed by atoms with Crippen molar-refractivity contribution >= 4 is 41.2 Å². The number of benzene rings is 1. The van der Waals surface area contributed by atoms with E-state index in [0.717, 1.165) is 0 Å². The first kappa shape index (κ1) is 27.8. The van der Waals surface area contributed by atoms with Gasteiger partial charge in [0.15, 0.2) is 5.69 Å². The molecule has 0 aliphatic carbocycles. The van der Waals surface area contributed by atoms with E-state index in [4.69, 9.17) is 37.8 Å². The molecule has 1 aromatic heterocycles. The maximum Gasteiger partial charge on any atom is 0.407 e. The summed E-state index contributed by atoms with van der Waals surface area (Å²) >= 11 is 12.1. The van der Waals surface area contributed by atoms with Gasteiger partial charge in [0, 0.05) is 30.1 Å². The zero-order valence-electron chi connectivity index (χ0n) is 21.4. The van der Waals surface area contributed by atoms with Crippen molar-refractivity contribution in [1.82, 2.24) is 20.0 Å². The van der Waals surface area contributed by atoms with Gasteiger partial charge in [-0.2, -0.15) is 5.10 Å². The van der Waals surface area contributed by atoms with Crippen LogP contribution in [0.4, 0.5) is 4.79 Å². The average Bonchev–Trinajstić information content (AvgIpc) is 3.15. The van der Waals surface area contributed by atoms with Crippen LogP contribution in [0.25, 0.3) is 0 Å². The first-order valence-corrected chi connectivity index (χ1v) is 12.6. The summed E-state index contributed by atoms with van der Waals surface area (Å²) in [6, 6.07) is 4.19. The molecule has 1 aliphatic heterocycles. The zero-order chi connectivity index (χ0) is 26.8. The molecule has 2 amide bonds. The summed E-state index contributed by atoms with van der Waals surface area (Å²) in [6.45, 7) is 11.4. The van der Waals surface area contributed by atoms with E-state index in [-0.39, 0.29) is 43.4 Å². The number of rotatable bonds is 6. The molecule has 9 nitrogen and oxygen atoms in total. The molecule has 0 radical (unpaired) electrons. The maximum absolute atomic E-state index is 13.3. The van der Waals surface area contributed by atoms with Crippen LogP contribution in [0.3, 0.4) is 0 Å². The highest BCUT2D eigenvalue weighted by Gasteiger charge is 2.36. The minimum absolute atomic E-state index is 0.173. The highest BCUT2D eigenvalue weighted by atomic mass is 35.5. The summed E-state index contributed by atoms with van der Waals surface area (Å²) in [5.74, 6) is -0.763. The van der Waals surface area contributed by atoms with E-state index in [2.05, 4.69) is 5.32 Å². The highest BCUT2D eigenvalue weighted by molar-refractivity contribution is 6.42. The van der Waals surface area contributed by atoms with Crippen molar-refractivity contribution in [1.29, 1.82) is 0 Å². The van der Waals surface area contributed by atoms with Crippen molar-refractivity contribution in [3.05, 3.63) is 50.8 Å². The number of hydrogen-bond acceptors (Lipinski definition) is 6. The van der Waals surface area contributed by atoms with E-state index in [1.54, 1.807) is 49.4 Å². The lowest BCUT2D eigenvalue weighted by Crippen LogP contribution is -2.42. The first-order valence-electron chi connectivity index (χ1n) is 11.8. The van der Waals surface area contributed by atoms with E-state index < -0.39 is 17.7 Å². The Morgan fingerprint density at radius 2 is 1.92 bits per heavy atom. The summed E-state index contributed by atoms with van der Waals surface area (Å²) in [7, 11) is 0. The number of alkyl carbamates (subject to hydrolysis) is 1. The number of carbonyl (C=O) groups excluding carboxylic acids is 3. The summed E-state index contributed by atoms with van der Waals surface area (Å²) in [5.41, 5.74) is 1.38. The average molecular weight is 539 g/mol. The fourth-order valence-electron chi connectivity index (χ4n) is 4.00. The first-order chi connectivity index (χ1) is 16.8. The molecule has 0 bridgehead atoms. The van der Waals surface area contributed by atoms with Crippen molar-refractivity contribution in [3.63, 3.8) is 0 Å². The number of nitrogens with zero attached hydrogens (tertiary/aromatic N) is 3. The number of hydrogen-bond donors (Lipinski definition) is 1. The Labute approximate surface area is 221 Å². The molecule has 0 unspecified atom stereocenters. The quantitative estimate of drug-likeness (QED) is 0.516. The van der Waals surface area contributed by atoms with Crippen LogP contribution in [-0.4, -0.2) is 57.4 Å². The predicted molar refractivity (Wildman–Crippen MR) is 137 cm³/mol. The SMILES string of the molecule is CCOC(=O)c1c2c(nn1[C@H](C)CNC(=O)OC(C)(C)C)C[C@@H](C)N(C(=O)c1ccc(Cl)c(Cl)c1)C2. The lowest BCUT2D eigenvalue weighted by atomic mass is 9.98. The number of esters is 1. The molecule has 0 saturated heterocycles. The molecule has 0 saturated carbocycles. The number of halogens is 2. The molecule has 1 aliphatic rings. The summed E-state index contributed by atoms with van der Waals surface area (Å²) < 4.78 is 12.2. The maximum atomic E-state index is 13.3. The second kappa shape index (κ2) is 11.1. The highest BCUT2D eigenvalue weighted by Crippen LogP contribution is 2.30. The third-order valence-electron chi connectivity index (χ3n) is 5.70. The zero-order valence-corrected chi connectivity index (χ0v) is 22.9. The Morgan fingerprint density at radius 3 is 2.53 bits per heavy atom. The lowest BCUT2D eigenvalue weighted by molar-refractivity contribution is 0.0498. The Hall–Kier alpha value is -2.78. The van der Waals surface area contributed by atoms with Crippen LogP contribution in [-0.2, 0) is 22.4 Å². The molecule has 11 heteroatoms. The minimum atomic E-state index is -0.630. The number of carbonyl (C=O) groups is 3. The van der Waals surface area contributed by atoms with Crippen LogP contribution in [0.2, 0.25) is 10.0 Å². The fourth-order valence-corrected chi connectivity index (χ4v) is 4.29. The van der Waals surface area contributed by atoms with Crippen LogP contribution in [0.1, 0.15) is 79.7 Å². The van der Waals surface area contributed by atoms with Crippen molar-refractivity contribution in [2.75, 3.05) is 13.2 Å². The van der Waals surface area contributed by atoms with Gasteiger partial charge in [0.2, 0.25) is 0 Å². The molecule has 2 heterocycles. The van der Waals surface area contributed by atoms with Gasteiger partial charge >= 0.3 is 12.1 Å². The van der Waals surface area contributed by atoms with Crippen LogP contribution < -0.4 is 5.32 Å². The monoisotopic (exact) mass is 538 g/mol. The molecule has 1 aromatic carbocycles. The summed E-state index contributed by atoms with van der Waals surface area (Å²) in [5, 5.41) is 8.07. The number of aromatic nitrogens is 2. The van der Waals surface area contributed by atoms with E-state index in [1.165, 1.54) is 6.07 Å². The number of ether oxygens (including phenoxy) is 2. The largest absolute Gasteiger partial charge is 0.461 e. The Morgan fingerprint density at radius 1 is 1.22 bits per heavy atom. The van der Waals surface area contributed by atoms with Crippen LogP contribution in [0.5, 0.6) is 0 Å². The van der Waals surface area contributed by atoms with Crippen LogP contribution in [0.15, 0.2) is 18.2 Å². The lowest BCUT2D eigenvalue weighted by Gasteiger charge is -2.33. The molecular formula is C25H32Cl2N4O5. The van der Waals surface area contributed by atoms with Gasteiger partial charge in [-0.15, -0.1) is 0 Å². The fraction of sp³-hybridized carbons (Fsp3) is 0.520. The topological polar surface area (TPSA) is 103 Å². The second-order valence-electron chi connectivity index (χ2n) is 9.79. The van der Waals surface area contributed by atoms with Gasteiger partial charge in [-0.25, -0.2) is 9.59 Å². The minimum Gasteiger partial charge on any atom is -0.461 e. The van der Waals surface area contributed by atoms with Crippen molar-refractivity contribution < 1.29 is 23.9 Å². The molecule has 0 fully saturated rings. The van der Waals surface area contributed by atoms with Gasteiger partial charge < -0.3 is 19.7 Å². The molecule has 1 N–H and O–H groups in total. The summed E-state index contributed by atoms with van der Waals surface area (Å²) in [6.07, 6.45) is -0.107. The van der Waals surface area contributed by atoms with Crippen molar-refractivity contribution in [2.24, 2.45) is 0 Å². The molecule has 0 spiro atoms. The Bertz CT molecular complexity index is 1160. The normalized spacial score (nSPS) is 16.2. The predicted octanol–water partition coefficient (Wildman–Crippen LogP) is 5.04. The van der Waals surface area contributed by atoms with E-state index in [9.17, 15) is 14.4 Å². The van der Waals surface area contributed by atoms with Crippen LogP contribution >= 0.6 is 23.2 Å². The van der Waals surface area contributed by atoms with E-state index in [0.29, 0.717) is 33.3 Å². The smallest absolute Gasteiger partial charge is 0.407 e. The molecule has 2 atom stereocenters. The number of amides is 2. The molecular weight excluding hydrogens is 507 g/mol. The standard InChI is InChI=1S/C25H32Cl2N4O5/c1-7-35-23(33)21-17-13-30(22(32)16-8-9-18(26)19(27)11-16)14(2)10-20(17)29-31(21)15(3)12-28-24(34)36-25(4,5)6/h8-9,11,14-15H,7,10,12-13H2,1-6H3,(H,28,34)/t14-,15-/m1/s1. The third-order valence-corrected chi connectivity index (χ3v) is 6.43. The summed E-state index contributed by atoms with van der Waals surface area (Å²) in [4.78, 5) is 40.2. The van der Waals surface area contributed by atoms with Crippen LogP contribution in [0, 0.1) is 0 Å². The van der Waals surface area contributed by atoms with E-state index >= 15 is 0 Å². The Kier molecular flexibility index (Phi) is 8.56. The van der Waals surface area contributed by atoms with E-state index in [1.807, 2.05) is 13.8 Å². The number of fused-ring (bicyclic) bond motifs is 1.